The van der Waals surface area contributed by atoms with Gasteiger partial charge in [0.2, 0.25) is 0 Å². The summed E-state index contributed by atoms with van der Waals surface area (Å²) in [5.74, 6) is 0. The van der Waals surface area contributed by atoms with Gasteiger partial charge in [-0.3, -0.25) is 0 Å². The first-order chi connectivity index (χ1) is 24.8. The summed E-state index contributed by atoms with van der Waals surface area (Å²) in [6.07, 6.45) is 0. The number of fused-ring (bicyclic) bond motifs is 6. The second kappa shape index (κ2) is 11.5. The van der Waals surface area contributed by atoms with Gasteiger partial charge in [-0.25, -0.2) is 0 Å². The zero-order valence-corrected chi connectivity index (χ0v) is 27.4. The van der Waals surface area contributed by atoms with Gasteiger partial charge in [-0.05, 0) is 82.4 Å². The molecule has 2 heteroatoms. The van der Waals surface area contributed by atoms with Gasteiger partial charge in [0.15, 0.2) is 0 Å². The lowest BCUT2D eigenvalue weighted by atomic mass is 9.97. The summed E-state index contributed by atoms with van der Waals surface area (Å²) in [7, 11) is 0. The van der Waals surface area contributed by atoms with Crippen molar-refractivity contribution < 1.29 is 0 Å². The highest BCUT2D eigenvalue weighted by molar-refractivity contribution is 6.17. The van der Waals surface area contributed by atoms with E-state index in [2.05, 4.69) is 203 Å². The lowest BCUT2D eigenvalue weighted by molar-refractivity contribution is 1.18. The van der Waals surface area contributed by atoms with Gasteiger partial charge >= 0.3 is 0 Å². The lowest BCUT2D eigenvalue weighted by Crippen LogP contribution is -1.98. The summed E-state index contributed by atoms with van der Waals surface area (Å²) in [5, 5.41) is 5.02. The third kappa shape index (κ3) is 4.43. The number of benzene rings is 8. The van der Waals surface area contributed by atoms with E-state index in [-0.39, 0.29) is 0 Å². The number of rotatable bonds is 5. The van der Waals surface area contributed by atoms with E-state index in [9.17, 15) is 0 Å². The molecule has 2 nitrogen and oxygen atoms in total. The quantitative estimate of drug-likeness (QED) is 0.178. The lowest BCUT2D eigenvalue weighted by Gasteiger charge is -2.16. The van der Waals surface area contributed by atoms with Crippen molar-refractivity contribution in [3.63, 3.8) is 0 Å². The van der Waals surface area contributed by atoms with Crippen molar-refractivity contribution in [1.29, 1.82) is 0 Å². The van der Waals surface area contributed by atoms with Crippen LogP contribution in [0.25, 0.3) is 88.4 Å². The van der Waals surface area contributed by atoms with Crippen molar-refractivity contribution in [1.82, 2.24) is 9.13 Å². The first-order valence-electron chi connectivity index (χ1n) is 17.2. The molecule has 8 aromatic carbocycles. The Kier molecular flexibility index (Phi) is 6.53. The van der Waals surface area contributed by atoms with Crippen molar-refractivity contribution in [3.8, 4) is 44.8 Å². The molecule has 2 heterocycles. The van der Waals surface area contributed by atoms with E-state index in [1.165, 1.54) is 88.4 Å². The highest BCUT2D eigenvalue weighted by atomic mass is 15.0. The third-order valence-corrected chi connectivity index (χ3v) is 10.1. The van der Waals surface area contributed by atoms with Crippen LogP contribution in [0.2, 0.25) is 0 Å². The molecule has 0 aliphatic carbocycles. The number of hydrogen-bond acceptors (Lipinski definition) is 0. The number of aromatic nitrogens is 2. The number of hydrogen-bond donors (Lipinski definition) is 0. The maximum Gasteiger partial charge on any atom is 0.0547 e. The minimum Gasteiger partial charge on any atom is -0.309 e. The van der Waals surface area contributed by atoms with Crippen LogP contribution in [0.4, 0.5) is 0 Å². The van der Waals surface area contributed by atoms with Crippen molar-refractivity contribution in [2.75, 3.05) is 0 Å². The molecule has 0 saturated heterocycles. The van der Waals surface area contributed by atoms with Crippen LogP contribution in [-0.4, -0.2) is 9.13 Å². The summed E-state index contributed by atoms with van der Waals surface area (Å²) < 4.78 is 4.84. The maximum absolute atomic E-state index is 2.46. The van der Waals surface area contributed by atoms with Gasteiger partial charge in [-0.2, -0.15) is 0 Å². The minimum absolute atomic E-state index is 1.17. The predicted molar refractivity (Wildman–Crippen MR) is 211 cm³/mol. The van der Waals surface area contributed by atoms with Crippen LogP contribution >= 0.6 is 0 Å². The van der Waals surface area contributed by atoms with E-state index in [4.69, 9.17) is 0 Å². The van der Waals surface area contributed by atoms with Gasteiger partial charge in [-0.1, -0.05) is 140 Å². The van der Waals surface area contributed by atoms with Gasteiger partial charge in [0.25, 0.3) is 0 Å². The van der Waals surface area contributed by atoms with Gasteiger partial charge in [0.1, 0.15) is 0 Å². The fourth-order valence-corrected chi connectivity index (χ4v) is 7.91. The molecule has 0 saturated carbocycles. The van der Waals surface area contributed by atoms with Crippen LogP contribution in [0.5, 0.6) is 0 Å². The second-order valence-corrected chi connectivity index (χ2v) is 12.9. The van der Waals surface area contributed by atoms with E-state index in [1.807, 2.05) is 0 Å². The monoisotopic (exact) mass is 636 g/mol. The topological polar surface area (TPSA) is 9.86 Å². The summed E-state index contributed by atoms with van der Waals surface area (Å²) in [5.41, 5.74) is 14.4. The molecular weight excluding hydrogens is 605 g/mol. The Labute approximate surface area is 290 Å². The van der Waals surface area contributed by atoms with Gasteiger partial charge in [0.05, 0.1) is 27.8 Å². The minimum atomic E-state index is 1.17. The van der Waals surface area contributed by atoms with E-state index >= 15 is 0 Å². The molecule has 0 amide bonds. The van der Waals surface area contributed by atoms with Crippen molar-refractivity contribution in [2.24, 2.45) is 0 Å². The molecular formula is C48H32N2. The molecule has 10 rings (SSSR count). The molecule has 234 valence electrons. The normalized spacial score (nSPS) is 11.6. The van der Waals surface area contributed by atoms with Crippen molar-refractivity contribution in [3.05, 3.63) is 194 Å². The smallest absolute Gasteiger partial charge is 0.0547 e. The van der Waals surface area contributed by atoms with Crippen LogP contribution < -0.4 is 0 Å². The van der Waals surface area contributed by atoms with Gasteiger partial charge < -0.3 is 9.13 Å². The van der Waals surface area contributed by atoms with Gasteiger partial charge in [-0.15, -0.1) is 0 Å². The molecule has 10 aromatic rings. The number of para-hydroxylation sites is 3. The molecule has 50 heavy (non-hydrogen) atoms. The molecule has 0 N–H and O–H groups in total. The summed E-state index contributed by atoms with van der Waals surface area (Å²) in [4.78, 5) is 0. The zero-order valence-electron chi connectivity index (χ0n) is 27.4. The van der Waals surface area contributed by atoms with E-state index in [0.717, 1.165) is 0 Å². The first kappa shape index (κ1) is 28.4. The standard InChI is InChI=1S/C48H32N2/c1-4-15-33(16-5-1)35-27-29-45(41(31-35)34-17-6-2-7-18-34)50-44-25-13-11-22-40(44)48-38(23-14-26-47(48)50)36-28-30-46-42(32-36)39-21-10-12-24-43(39)49(46)37-19-8-3-9-20-37/h1-32H. The molecule has 0 atom stereocenters. The average molecular weight is 637 g/mol. The average Bonchev–Trinajstić information content (AvgIpc) is 3.71. The molecule has 0 aliphatic heterocycles. The van der Waals surface area contributed by atoms with Crippen LogP contribution in [0.15, 0.2) is 194 Å². The Hall–Kier alpha value is -6.64. The highest BCUT2D eigenvalue weighted by Gasteiger charge is 2.20. The number of nitrogens with zero attached hydrogens (tertiary/aromatic N) is 2. The molecule has 0 fully saturated rings. The largest absolute Gasteiger partial charge is 0.309 e. The Balaban J connectivity index is 1.23. The van der Waals surface area contributed by atoms with E-state index < -0.39 is 0 Å². The van der Waals surface area contributed by atoms with E-state index in [1.54, 1.807) is 0 Å². The fraction of sp³-hybridized carbons (Fsp3) is 0. The maximum atomic E-state index is 2.46. The zero-order chi connectivity index (χ0) is 33.0. The van der Waals surface area contributed by atoms with Crippen molar-refractivity contribution >= 4 is 43.6 Å². The molecule has 0 aliphatic rings. The van der Waals surface area contributed by atoms with Gasteiger partial charge in [0, 0.05) is 32.8 Å². The SMILES string of the molecule is c1ccc(-c2ccc(-n3c4ccccc4c4c(-c5ccc6c(c5)c5ccccc5n6-c5ccccc5)cccc43)c(-c3ccccc3)c2)cc1. The molecule has 0 unspecified atom stereocenters. The van der Waals surface area contributed by atoms with Crippen LogP contribution in [0, 0.1) is 0 Å². The Bertz CT molecular complexity index is 2840. The molecule has 0 bridgehead atoms. The predicted octanol–water partition coefficient (Wildman–Crippen LogP) is 12.9. The third-order valence-electron chi connectivity index (χ3n) is 10.1. The molecule has 2 aromatic heterocycles. The van der Waals surface area contributed by atoms with Crippen LogP contribution in [0.3, 0.4) is 0 Å². The first-order valence-corrected chi connectivity index (χ1v) is 17.2. The van der Waals surface area contributed by atoms with Crippen LogP contribution in [-0.2, 0) is 0 Å². The van der Waals surface area contributed by atoms with Crippen LogP contribution in [0.1, 0.15) is 0 Å². The molecule has 0 radical (unpaired) electrons. The summed E-state index contributed by atoms with van der Waals surface area (Å²) in [6.45, 7) is 0. The van der Waals surface area contributed by atoms with E-state index in [0.29, 0.717) is 0 Å². The Morgan fingerprint density at radius 2 is 0.860 bits per heavy atom. The highest BCUT2D eigenvalue weighted by Crippen LogP contribution is 2.43. The van der Waals surface area contributed by atoms with Crippen molar-refractivity contribution in [2.45, 2.75) is 0 Å². The second-order valence-electron chi connectivity index (χ2n) is 12.9. The Morgan fingerprint density at radius 3 is 1.62 bits per heavy atom. The summed E-state index contributed by atoms with van der Waals surface area (Å²) >= 11 is 0. The summed E-state index contributed by atoms with van der Waals surface area (Å²) in [6, 6.07) is 70.4. The fourth-order valence-electron chi connectivity index (χ4n) is 7.91. The Morgan fingerprint density at radius 1 is 0.280 bits per heavy atom. The molecule has 0 spiro atoms.